The number of hydrogen-bond donors (Lipinski definition) is 1. The summed E-state index contributed by atoms with van der Waals surface area (Å²) >= 11 is 3.09. The molecule has 0 aliphatic carbocycles. The first-order valence-electron chi connectivity index (χ1n) is 8.09. The van der Waals surface area contributed by atoms with Gasteiger partial charge in [0.05, 0.1) is 17.4 Å². The van der Waals surface area contributed by atoms with Crippen LogP contribution in [0.1, 0.15) is 24.2 Å². The van der Waals surface area contributed by atoms with Crippen LogP contribution >= 0.6 is 23.1 Å². The predicted molar refractivity (Wildman–Crippen MR) is 107 cm³/mol. The number of nitrogens with zero attached hydrogens (tertiary/aromatic N) is 2. The van der Waals surface area contributed by atoms with Crippen molar-refractivity contribution in [2.45, 2.75) is 24.8 Å². The lowest BCUT2D eigenvalue weighted by Crippen LogP contribution is -2.12. The Balaban J connectivity index is 1.67. The molecule has 0 saturated carbocycles. The van der Waals surface area contributed by atoms with Crippen molar-refractivity contribution in [2.75, 3.05) is 11.6 Å². The van der Waals surface area contributed by atoms with Crippen LogP contribution in [0.4, 0.5) is 5.13 Å². The highest BCUT2D eigenvalue weighted by molar-refractivity contribution is 7.98. The van der Waals surface area contributed by atoms with E-state index >= 15 is 0 Å². The molecule has 1 N–H and O–H groups in total. The zero-order chi connectivity index (χ0) is 18.5. The van der Waals surface area contributed by atoms with Crippen molar-refractivity contribution >= 4 is 34.1 Å². The molecule has 3 rings (SSSR count). The number of anilines is 1. The Labute approximate surface area is 160 Å². The molecule has 0 bridgehead atoms. The minimum Gasteiger partial charge on any atom is -0.475 e. The Kier molecular flexibility index (Phi) is 5.90. The molecule has 0 radical (unpaired) electrons. The number of benzene rings is 1. The summed E-state index contributed by atoms with van der Waals surface area (Å²) in [6, 6.07) is 11.6. The number of hydrogen-bond acceptors (Lipinski definition) is 6. The van der Waals surface area contributed by atoms with Crippen LogP contribution in [0, 0.1) is 0 Å². The van der Waals surface area contributed by atoms with Gasteiger partial charge in [-0.3, -0.25) is 10.1 Å². The number of carbonyl (C=O) groups excluding carboxylic acids is 1. The van der Waals surface area contributed by atoms with Crippen LogP contribution in [0.3, 0.4) is 0 Å². The Hall–Kier alpha value is -2.38. The first-order valence-corrected chi connectivity index (χ1v) is 10.2. The smallest absolute Gasteiger partial charge is 0.259 e. The molecule has 5 nitrogen and oxygen atoms in total. The molecule has 0 unspecified atom stereocenters. The molecule has 2 heterocycles. The SMILES string of the molecule is CSc1ccc(-c2csc(NC(=O)c3ccc(OC(C)C)nc3)n2)cc1. The summed E-state index contributed by atoms with van der Waals surface area (Å²) < 4.78 is 5.48. The molecule has 0 spiro atoms. The number of ether oxygens (including phenoxy) is 1. The zero-order valence-electron chi connectivity index (χ0n) is 14.7. The van der Waals surface area contributed by atoms with Gasteiger partial charge in [0, 0.05) is 28.1 Å². The van der Waals surface area contributed by atoms with E-state index in [2.05, 4.69) is 27.4 Å². The number of pyridine rings is 1. The molecule has 1 amide bonds. The van der Waals surface area contributed by atoms with E-state index in [0.717, 1.165) is 11.3 Å². The normalized spacial score (nSPS) is 10.8. The van der Waals surface area contributed by atoms with Gasteiger partial charge in [0.15, 0.2) is 5.13 Å². The van der Waals surface area contributed by atoms with Crippen LogP contribution in [0.25, 0.3) is 11.3 Å². The minimum atomic E-state index is -0.243. The zero-order valence-corrected chi connectivity index (χ0v) is 16.4. The second-order valence-corrected chi connectivity index (χ2v) is 7.51. The molecule has 0 aliphatic heterocycles. The number of thiazole rings is 1. The Morgan fingerprint density at radius 3 is 2.58 bits per heavy atom. The maximum atomic E-state index is 12.3. The topological polar surface area (TPSA) is 64.1 Å². The summed E-state index contributed by atoms with van der Waals surface area (Å²) in [6.07, 6.45) is 3.59. The summed E-state index contributed by atoms with van der Waals surface area (Å²) in [5.41, 5.74) is 2.33. The number of carbonyl (C=O) groups is 1. The van der Waals surface area contributed by atoms with Gasteiger partial charge in [0.2, 0.25) is 5.88 Å². The van der Waals surface area contributed by atoms with E-state index in [1.807, 2.05) is 37.6 Å². The van der Waals surface area contributed by atoms with E-state index in [9.17, 15) is 4.79 Å². The summed E-state index contributed by atoms with van der Waals surface area (Å²) in [4.78, 5) is 22.2. The maximum Gasteiger partial charge on any atom is 0.259 e. The number of nitrogens with one attached hydrogen (secondary N) is 1. The largest absolute Gasteiger partial charge is 0.475 e. The van der Waals surface area contributed by atoms with Crippen molar-refractivity contribution in [2.24, 2.45) is 0 Å². The fraction of sp³-hybridized carbons (Fsp3) is 0.211. The van der Waals surface area contributed by atoms with Crippen LogP contribution in [0.2, 0.25) is 0 Å². The van der Waals surface area contributed by atoms with Crippen molar-refractivity contribution < 1.29 is 9.53 Å². The van der Waals surface area contributed by atoms with E-state index in [1.54, 1.807) is 23.9 Å². The molecule has 0 atom stereocenters. The summed E-state index contributed by atoms with van der Waals surface area (Å²) in [5, 5.41) is 5.30. The molecule has 0 aliphatic rings. The lowest BCUT2D eigenvalue weighted by molar-refractivity contribution is 0.102. The Morgan fingerprint density at radius 1 is 1.19 bits per heavy atom. The average molecular weight is 386 g/mol. The molecule has 1 aromatic carbocycles. The van der Waals surface area contributed by atoms with E-state index < -0.39 is 0 Å². The second-order valence-electron chi connectivity index (χ2n) is 5.77. The maximum absolute atomic E-state index is 12.3. The monoisotopic (exact) mass is 385 g/mol. The number of rotatable bonds is 6. The van der Waals surface area contributed by atoms with E-state index in [-0.39, 0.29) is 12.0 Å². The van der Waals surface area contributed by atoms with Gasteiger partial charge in [-0.1, -0.05) is 12.1 Å². The van der Waals surface area contributed by atoms with Gasteiger partial charge >= 0.3 is 0 Å². The summed E-state index contributed by atoms with van der Waals surface area (Å²) in [6.45, 7) is 3.86. The van der Waals surface area contributed by atoms with Crippen molar-refractivity contribution in [3.05, 3.63) is 53.5 Å². The first kappa shape index (κ1) is 18.4. The summed E-state index contributed by atoms with van der Waals surface area (Å²) in [5.74, 6) is 0.258. The van der Waals surface area contributed by atoms with Crippen LogP contribution < -0.4 is 10.1 Å². The first-order chi connectivity index (χ1) is 12.5. The highest BCUT2D eigenvalue weighted by atomic mass is 32.2. The third kappa shape index (κ3) is 4.62. The van der Waals surface area contributed by atoms with Crippen molar-refractivity contribution in [3.8, 4) is 17.1 Å². The quantitative estimate of drug-likeness (QED) is 0.607. The van der Waals surface area contributed by atoms with Gasteiger partial charge in [-0.2, -0.15) is 0 Å². The highest BCUT2D eigenvalue weighted by Crippen LogP contribution is 2.27. The van der Waals surface area contributed by atoms with Gasteiger partial charge in [0.1, 0.15) is 0 Å². The molecule has 0 fully saturated rings. The standard InChI is InChI=1S/C19H19N3O2S2/c1-12(2)24-17-9-6-14(10-20-17)18(23)22-19-21-16(11-26-19)13-4-7-15(25-3)8-5-13/h4-12H,1-3H3,(H,21,22,23). The minimum absolute atomic E-state index is 0.0425. The third-order valence-electron chi connectivity index (χ3n) is 3.47. The number of aromatic nitrogens is 2. The number of amides is 1. The van der Waals surface area contributed by atoms with E-state index in [4.69, 9.17) is 4.74 Å². The van der Waals surface area contributed by atoms with Crippen LogP contribution in [0.5, 0.6) is 5.88 Å². The van der Waals surface area contributed by atoms with E-state index in [0.29, 0.717) is 16.6 Å². The molecule has 134 valence electrons. The molecule has 0 saturated heterocycles. The fourth-order valence-corrected chi connectivity index (χ4v) is 3.34. The lowest BCUT2D eigenvalue weighted by atomic mass is 10.2. The molecular weight excluding hydrogens is 366 g/mol. The molecule has 3 aromatic rings. The Morgan fingerprint density at radius 2 is 1.96 bits per heavy atom. The van der Waals surface area contributed by atoms with Crippen LogP contribution in [-0.2, 0) is 0 Å². The van der Waals surface area contributed by atoms with Gasteiger partial charge < -0.3 is 4.74 Å². The van der Waals surface area contributed by atoms with Gasteiger partial charge in [-0.05, 0) is 38.3 Å². The molecule has 2 aromatic heterocycles. The van der Waals surface area contributed by atoms with Gasteiger partial charge in [0.25, 0.3) is 5.91 Å². The summed E-state index contributed by atoms with van der Waals surface area (Å²) in [7, 11) is 0. The van der Waals surface area contributed by atoms with Crippen molar-refractivity contribution in [3.63, 3.8) is 0 Å². The molecule has 7 heteroatoms. The molecular formula is C19H19N3O2S2. The lowest BCUT2D eigenvalue weighted by Gasteiger charge is -2.08. The fourth-order valence-electron chi connectivity index (χ4n) is 2.22. The highest BCUT2D eigenvalue weighted by Gasteiger charge is 2.11. The predicted octanol–water partition coefficient (Wildman–Crippen LogP) is 4.97. The van der Waals surface area contributed by atoms with E-state index in [1.165, 1.54) is 22.4 Å². The second kappa shape index (κ2) is 8.33. The third-order valence-corrected chi connectivity index (χ3v) is 4.97. The van der Waals surface area contributed by atoms with Crippen molar-refractivity contribution in [1.29, 1.82) is 0 Å². The van der Waals surface area contributed by atoms with Gasteiger partial charge in [-0.15, -0.1) is 23.1 Å². The Bertz CT molecular complexity index is 875. The van der Waals surface area contributed by atoms with Crippen LogP contribution in [0.15, 0.2) is 52.9 Å². The van der Waals surface area contributed by atoms with Gasteiger partial charge in [-0.25, -0.2) is 9.97 Å². The average Bonchev–Trinajstić information content (AvgIpc) is 3.10. The van der Waals surface area contributed by atoms with Crippen molar-refractivity contribution in [1.82, 2.24) is 9.97 Å². The molecule has 26 heavy (non-hydrogen) atoms. The van der Waals surface area contributed by atoms with Crippen LogP contribution in [-0.4, -0.2) is 28.2 Å². The number of thioether (sulfide) groups is 1.